The highest BCUT2D eigenvalue weighted by molar-refractivity contribution is 6.04. The molecule has 166 valence electrons. The van der Waals surface area contributed by atoms with Crippen molar-refractivity contribution in [1.82, 2.24) is 0 Å². The quantitative estimate of drug-likeness (QED) is 0.492. The predicted molar refractivity (Wildman–Crippen MR) is 122 cm³/mol. The molecule has 0 heterocycles. The molecule has 0 fully saturated rings. The minimum Gasteiger partial charge on any atom is -0.494 e. The van der Waals surface area contributed by atoms with Crippen LogP contribution in [0.4, 0.5) is 15.8 Å². The molecule has 32 heavy (non-hydrogen) atoms. The molecule has 0 aliphatic rings. The van der Waals surface area contributed by atoms with Crippen LogP contribution in [-0.4, -0.2) is 25.5 Å². The van der Waals surface area contributed by atoms with E-state index in [9.17, 15) is 14.0 Å². The predicted octanol–water partition coefficient (Wildman–Crippen LogP) is 5.06. The van der Waals surface area contributed by atoms with Crippen LogP contribution in [0, 0.1) is 5.82 Å². The van der Waals surface area contributed by atoms with Crippen LogP contribution in [0.3, 0.4) is 0 Å². The van der Waals surface area contributed by atoms with E-state index in [4.69, 9.17) is 9.47 Å². The fraction of sp³-hybridized carbons (Fsp3) is 0.200. The van der Waals surface area contributed by atoms with Gasteiger partial charge in [-0.05, 0) is 79.6 Å². The number of ether oxygens (including phenoxy) is 2. The lowest BCUT2D eigenvalue weighted by Crippen LogP contribution is -2.14. The van der Waals surface area contributed by atoms with Gasteiger partial charge in [-0.25, -0.2) is 4.39 Å². The van der Waals surface area contributed by atoms with Crippen LogP contribution < -0.4 is 20.1 Å². The second kappa shape index (κ2) is 10.9. The number of amides is 2. The number of aryl methyl sites for hydroxylation is 1. The van der Waals surface area contributed by atoms with Gasteiger partial charge in [0.15, 0.2) is 11.6 Å². The molecule has 3 aromatic rings. The highest BCUT2D eigenvalue weighted by Gasteiger charge is 2.09. The fourth-order valence-corrected chi connectivity index (χ4v) is 3.06. The molecule has 0 radical (unpaired) electrons. The van der Waals surface area contributed by atoms with Gasteiger partial charge in [-0.15, -0.1) is 0 Å². The molecule has 0 aliphatic heterocycles. The van der Waals surface area contributed by atoms with Crippen LogP contribution in [0.15, 0.2) is 66.7 Å². The molecule has 2 N–H and O–H groups in total. The van der Waals surface area contributed by atoms with Crippen LogP contribution >= 0.6 is 0 Å². The summed E-state index contributed by atoms with van der Waals surface area (Å²) in [6.07, 6.45) is 0.598. The zero-order valence-corrected chi connectivity index (χ0v) is 18.0. The van der Waals surface area contributed by atoms with Gasteiger partial charge in [-0.2, -0.15) is 0 Å². The first-order chi connectivity index (χ1) is 15.5. The summed E-state index contributed by atoms with van der Waals surface area (Å²) in [5, 5.41) is 5.60. The lowest BCUT2D eigenvalue weighted by atomic mass is 10.1. The summed E-state index contributed by atoms with van der Waals surface area (Å²) >= 11 is 0. The third kappa shape index (κ3) is 6.31. The molecule has 7 heteroatoms. The highest BCUT2D eigenvalue weighted by atomic mass is 19.1. The molecular weight excluding hydrogens is 411 g/mol. The summed E-state index contributed by atoms with van der Waals surface area (Å²) in [5.74, 6) is -0.00142. The van der Waals surface area contributed by atoms with Crippen molar-refractivity contribution in [3.8, 4) is 11.5 Å². The third-order valence-corrected chi connectivity index (χ3v) is 4.71. The molecule has 0 saturated carbocycles. The number of rotatable bonds is 9. The van der Waals surface area contributed by atoms with Crippen molar-refractivity contribution in [2.24, 2.45) is 0 Å². The Hall–Kier alpha value is -3.87. The van der Waals surface area contributed by atoms with Gasteiger partial charge in [-0.3, -0.25) is 9.59 Å². The van der Waals surface area contributed by atoms with Gasteiger partial charge in [0.05, 0.1) is 13.7 Å². The lowest BCUT2D eigenvalue weighted by Gasteiger charge is -2.09. The topological polar surface area (TPSA) is 76.7 Å². The van der Waals surface area contributed by atoms with Gasteiger partial charge < -0.3 is 20.1 Å². The van der Waals surface area contributed by atoms with Gasteiger partial charge in [0.25, 0.3) is 5.91 Å². The Morgan fingerprint density at radius 1 is 0.906 bits per heavy atom. The Kier molecular flexibility index (Phi) is 7.80. The van der Waals surface area contributed by atoms with Crippen molar-refractivity contribution >= 4 is 23.2 Å². The van der Waals surface area contributed by atoms with Crippen molar-refractivity contribution in [1.29, 1.82) is 0 Å². The number of hydrogen-bond donors (Lipinski definition) is 2. The van der Waals surface area contributed by atoms with Crippen molar-refractivity contribution in [3.05, 3.63) is 83.7 Å². The Morgan fingerprint density at radius 2 is 1.56 bits per heavy atom. The first kappa shape index (κ1) is 22.8. The number of anilines is 2. The van der Waals surface area contributed by atoms with Crippen LogP contribution in [-0.2, 0) is 11.2 Å². The number of nitrogens with one attached hydrogen (secondary N) is 2. The van der Waals surface area contributed by atoms with Crippen LogP contribution in [0.1, 0.15) is 29.3 Å². The Morgan fingerprint density at radius 3 is 2.19 bits per heavy atom. The first-order valence-electron chi connectivity index (χ1n) is 10.2. The SMILES string of the molecule is CCOc1ccc(NC(=O)c2ccc(NC(=O)CCc3ccc(OC)c(F)c3)cc2)cc1. The zero-order chi connectivity index (χ0) is 22.9. The second-order valence-electron chi connectivity index (χ2n) is 7.01. The zero-order valence-electron chi connectivity index (χ0n) is 18.0. The molecule has 3 aromatic carbocycles. The molecule has 0 spiro atoms. The van der Waals surface area contributed by atoms with E-state index < -0.39 is 5.82 Å². The smallest absolute Gasteiger partial charge is 0.255 e. The number of hydrogen-bond acceptors (Lipinski definition) is 4. The summed E-state index contributed by atoms with van der Waals surface area (Å²) in [5.41, 5.74) is 2.41. The Bertz CT molecular complexity index is 1070. The molecule has 3 rings (SSSR count). The van der Waals surface area contributed by atoms with E-state index >= 15 is 0 Å². The maximum absolute atomic E-state index is 13.7. The molecule has 6 nitrogen and oxygen atoms in total. The van der Waals surface area contributed by atoms with Gasteiger partial charge in [-0.1, -0.05) is 6.07 Å². The van der Waals surface area contributed by atoms with Crippen molar-refractivity contribution < 1.29 is 23.5 Å². The largest absolute Gasteiger partial charge is 0.494 e. The van der Waals surface area contributed by atoms with Crippen LogP contribution in [0.2, 0.25) is 0 Å². The van der Waals surface area contributed by atoms with Gasteiger partial charge >= 0.3 is 0 Å². The minimum absolute atomic E-state index is 0.171. The molecular formula is C25H25FN2O4. The van der Waals surface area contributed by atoms with Crippen LogP contribution in [0.25, 0.3) is 0 Å². The number of carbonyl (C=O) groups excluding carboxylic acids is 2. The van der Waals surface area contributed by atoms with Crippen molar-refractivity contribution in [3.63, 3.8) is 0 Å². The molecule has 0 atom stereocenters. The van der Waals surface area contributed by atoms with Crippen molar-refractivity contribution in [2.45, 2.75) is 19.8 Å². The maximum Gasteiger partial charge on any atom is 0.255 e. The monoisotopic (exact) mass is 436 g/mol. The normalized spacial score (nSPS) is 10.3. The summed E-state index contributed by atoms with van der Waals surface area (Å²) < 4.78 is 24.0. The highest BCUT2D eigenvalue weighted by Crippen LogP contribution is 2.19. The number of benzene rings is 3. The number of halogens is 1. The average Bonchev–Trinajstić information content (AvgIpc) is 2.80. The second-order valence-corrected chi connectivity index (χ2v) is 7.01. The fourth-order valence-electron chi connectivity index (χ4n) is 3.06. The Labute approximate surface area is 186 Å². The first-order valence-corrected chi connectivity index (χ1v) is 10.2. The molecule has 0 aliphatic carbocycles. The summed E-state index contributed by atoms with van der Waals surface area (Å²) in [6.45, 7) is 2.48. The summed E-state index contributed by atoms with van der Waals surface area (Å²) in [7, 11) is 1.40. The summed E-state index contributed by atoms with van der Waals surface area (Å²) in [6, 6.07) is 18.4. The van der Waals surface area contributed by atoms with Crippen molar-refractivity contribution in [2.75, 3.05) is 24.4 Å². The van der Waals surface area contributed by atoms with E-state index in [2.05, 4.69) is 10.6 Å². The molecule has 0 bridgehead atoms. The summed E-state index contributed by atoms with van der Waals surface area (Å²) in [4.78, 5) is 24.6. The Balaban J connectivity index is 1.50. The number of methoxy groups -OCH3 is 1. The van der Waals surface area contributed by atoms with E-state index in [0.29, 0.717) is 35.5 Å². The maximum atomic E-state index is 13.7. The van der Waals surface area contributed by atoms with Gasteiger partial charge in [0.1, 0.15) is 5.75 Å². The molecule has 0 unspecified atom stereocenters. The third-order valence-electron chi connectivity index (χ3n) is 4.71. The van der Waals surface area contributed by atoms with E-state index in [1.54, 1.807) is 60.7 Å². The molecule has 2 amide bonds. The molecule has 0 saturated heterocycles. The van der Waals surface area contributed by atoms with Gasteiger partial charge in [0, 0.05) is 23.4 Å². The number of carbonyl (C=O) groups is 2. The van der Waals surface area contributed by atoms with E-state index in [1.807, 2.05) is 6.92 Å². The van der Waals surface area contributed by atoms with E-state index in [-0.39, 0.29) is 24.0 Å². The lowest BCUT2D eigenvalue weighted by molar-refractivity contribution is -0.116. The van der Waals surface area contributed by atoms with E-state index in [0.717, 1.165) is 5.75 Å². The minimum atomic E-state index is -0.454. The van der Waals surface area contributed by atoms with Crippen LogP contribution in [0.5, 0.6) is 11.5 Å². The van der Waals surface area contributed by atoms with Gasteiger partial charge in [0.2, 0.25) is 5.91 Å². The van der Waals surface area contributed by atoms with E-state index in [1.165, 1.54) is 13.2 Å². The molecule has 0 aromatic heterocycles. The standard InChI is InChI=1S/C25H25FN2O4/c1-3-32-21-12-10-20(11-13-21)28-25(30)18-6-8-19(9-7-18)27-24(29)15-5-17-4-14-23(31-2)22(26)16-17/h4,6-14,16H,3,5,15H2,1-2H3,(H,27,29)(H,28,30). The average molecular weight is 436 g/mol.